The molecule has 1 heterocycles. The zero-order valence-corrected chi connectivity index (χ0v) is 7.17. The highest BCUT2D eigenvalue weighted by molar-refractivity contribution is 7.54. The van der Waals surface area contributed by atoms with Gasteiger partial charge in [0.25, 0.3) is 0 Å². The molecule has 0 radical (unpaired) electrons. The number of fused-ring (bicyclic) bond motifs is 1. The minimum atomic E-state index is -0.496. The molecule has 0 saturated carbocycles. The summed E-state index contributed by atoms with van der Waals surface area (Å²) in [5, 5.41) is 2.73. The van der Waals surface area contributed by atoms with Crippen LogP contribution in [0.1, 0.15) is 0 Å². The summed E-state index contributed by atoms with van der Waals surface area (Å²) in [5.41, 5.74) is 5.23. The molecular weight excluding hydrogens is 170 g/mol. The fourth-order valence-electron chi connectivity index (χ4n) is 1.21. The van der Waals surface area contributed by atoms with Gasteiger partial charge in [0, 0.05) is 11.5 Å². The fraction of sp³-hybridized carbons (Fsp3) is 0. The number of carbonyl (C=O) groups is 1. The maximum atomic E-state index is 10.9. The van der Waals surface area contributed by atoms with Gasteiger partial charge in [-0.3, -0.25) is 0 Å². The number of benzene rings is 1. The van der Waals surface area contributed by atoms with Crippen LogP contribution in [0.15, 0.2) is 35.7 Å². The van der Waals surface area contributed by atoms with E-state index in [0.717, 1.165) is 10.1 Å². The first-order valence-corrected chi connectivity index (χ1v) is 4.87. The third kappa shape index (κ3) is 0.987. The van der Waals surface area contributed by atoms with Crippen LogP contribution in [-0.2, 0) is 0 Å². The molecule has 0 spiro atoms. The quantitative estimate of drug-likeness (QED) is 0.670. The first-order chi connectivity index (χ1) is 5.79. The van der Waals surface area contributed by atoms with Gasteiger partial charge >= 0.3 is 5.24 Å². The monoisotopic (exact) mass is 178 g/mol. The van der Waals surface area contributed by atoms with Crippen molar-refractivity contribution in [2.75, 3.05) is 0 Å². The molecule has 1 unspecified atom stereocenters. The fourth-order valence-corrected chi connectivity index (χ4v) is 2.60. The lowest BCUT2D eigenvalue weighted by atomic mass is 10.3. The Hall–Kier alpha value is -1.35. The van der Waals surface area contributed by atoms with Crippen LogP contribution in [0.25, 0.3) is 10.1 Å². The Labute approximate surface area is 72.6 Å². The van der Waals surface area contributed by atoms with E-state index in [-0.39, 0.29) is 5.24 Å². The van der Waals surface area contributed by atoms with E-state index in [0.29, 0.717) is 0 Å². The minimum absolute atomic E-state index is 0.254. The Morgan fingerprint density at radius 2 is 2.00 bits per heavy atom. The highest BCUT2D eigenvalue weighted by Gasteiger charge is 2.17. The molecule has 2 aromatic rings. The van der Waals surface area contributed by atoms with Crippen molar-refractivity contribution in [2.24, 2.45) is 5.73 Å². The molecule has 0 bridgehead atoms. The molecule has 0 aliphatic rings. The molecule has 0 fully saturated rings. The molecule has 0 aliphatic heterocycles. The van der Waals surface area contributed by atoms with Gasteiger partial charge in [0.2, 0.25) is 0 Å². The average Bonchev–Trinajstić information content (AvgIpc) is 2.47. The molecule has 2 nitrogen and oxygen atoms in total. The van der Waals surface area contributed by atoms with E-state index < -0.39 is 10.5 Å². The van der Waals surface area contributed by atoms with Crippen molar-refractivity contribution in [1.82, 2.24) is 0 Å². The van der Waals surface area contributed by atoms with Gasteiger partial charge in [0.1, 0.15) is 5.38 Å². The molecular formula is C9H8NOS+. The number of nitrogens with two attached hydrogens (primary N) is 1. The number of hydrogen-bond acceptors (Lipinski definition) is 1. The van der Waals surface area contributed by atoms with Crippen LogP contribution < -0.4 is 5.73 Å². The minimum Gasteiger partial charge on any atom is -0.320 e. The number of thiophene rings is 1. The average molecular weight is 178 g/mol. The van der Waals surface area contributed by atoms with Gasteiger partial charge in [0.05, 0.1) is 10.5 Å². The van der Waals surface area contributed by atoms with Gasteiger partial charge in [-0.2, -0.15) is 0 Å². The zero-order valence-electron chi connectivity index (χ0n) is 6.36. The van der Waals surface area contributed by atoms with Crippen molar-refractivity contribution in [2.45, 2.75) is 0 Å². The first-order valence-electron chi connectivity index (χ1n) is 3.59. The molecule has 12 heavy (non-hydrogen) atoms. The molecule has 1 atom stereocenters. The summed E-state index contributed by atoms with van der Waals surface area (Å²) in [6.07, 6.45) is 0. The summed E-state index contributed by atoms with van der Waals surface area (Å²) in [6.45, 7) is 0. The van der Waals surface area contributed by atoms with Crippen molar-refractivity contribution in [3.63, 3.8) is 0 Å². The lowest BCUT2D eigenvalue weighted by molar-refractivity contribution is 0.266. The number of rotatable bonds is 1. The number of hydrogen-bond donors (Lipinski definition) is 1. The van der Waals surface area contributed by atoms with Crippen molar-refractivity contribution < 1.29 is 4.79 Å². The number of carbonyl (C=O) groups excluding carboxylic acids is 1. The lowest BCUT2D eigenvalue weighted by Gasteiger charge is -1.82. The molecule has 1 aromatic heterocycles. The van der Waals surface area contributed by atoms with Crippen LogP contribution in [0.2, 0.25) is 0 Å². The second kappa shape index (κ2) is 2.60. The molecule has 2 N–H and O–H groups in total. The Morgan fingerprint density at radius 1 is 1.25 bits per heavy atom. The Morgan fingerprint density at radius 3 is 2.75 bits per heavy atom. The second-order valence-electron chi connectivity index (χ2n) is 2.50. The maximum absolute atomic E-state index is 10.9. The SMILES string of the molecule is NC(=O)[s+]1ccc2ccccc21. The van der Waals surface area contributed by atoms with E-state index in [1.54, 1.807) is 0 Å². The smallest absolute Gasteiger partial charge is 0.320 e. The van der Waals surface area contributed by atoms with E-state index in [4.69, 9.17) is 5.73 Å². The first kappa shape index (κ1) is 7.31. The van der Waals surface area contributed by atoms with Gasteiger partial charge in [-0.15, -0.1) is 0 Å². The van der Waals surface area contributed by atoms with Crippen molar-refractivity contribution in [1.29, 1.82) is 0 Å². The van der Waals surface area contributed by atoms with Crippen LogP contribution in [0.3, 0.4) is 0 Å². The molecule has 0 aliphatic carbocycles. The van der Waals surface area contributed by atoms with Crippen molar-refractivity contribution in [3.8, 4) is 0 Å². The van der Waals surface area contributed by atoms with E-state index in [1.165, 1.54) is 0 Å². The van der Waals surface area contributed by atoms with Crippen LogP contribution in [0.4, 0.5) is 4.79 Å². The van der Waals surface area contributed by atoms with Crippen molar-refractivity contribution in [3.05, 3.63) is 35.7 Å². The molecule has 1 amide bonds. The predicted octanol–water partition coefficient (Wildman–Crippen LogP) is 2.52. The summed E-state index contributed by atoms with van der Waals surface area (Å²) < 4.78 is 1.05. The summed E-state index contributed by atoms with van der Waals surface area (Å²) in [6, 6.07) is 9.76. The Kier molecular flexibility index (Phi) is 1.59. The molecule has 60 valence electrons. The molecule has 3 heteroatoms. The summed E-state index contributed by atoms with van der Waals surface area (Å²) >= 11 is 0. The van der Waals surface area contributed by atoms with Gasteiger partial charge < -0.3 is 5.73 Å². The Bertz CT molecular complexity index is 433. The summed E-state index contributed by atoms with van der Waals surface area (Å²) in [7, 11) is -0.496. The van der Waals surface area contributed by atoms with Gasteiger partial charge in [0.15, 0.2) is 4.70 Å². The Balaban J connectivity index is 2.79. The summed E-state index contributed by atoms with van der Waals surface area (Å²) in [4.78, 5) is 10.9. The highest BCUT2D eigenvalue weighted by atomic mass is 32.2. The third-order valence-corrected chi connectivity index (χ3v) is 3.44. The van der Waals surface area contributed by atoms with Crippen LogP contribution in [0.5, 0.6) is 0 Å². The maximum Gasteiger partial charge on any atom is 0.453 e. The number of primary amides is 1. The topological polar surface area (TPSA) is 43.1 Å². The van der Waals surface area contributed by atoms with Gasteiger partial charge in [-0.25, -0.2) is 4.79 Å². The van der Waals surface area contributed by atoms with Gasteiger partial charge in [-0.1, -0.05) is 12.1 Å². The molecule has 0 saturated heterocycles. The summed E-state index contributed by atoms with van der Waals surface area (Å²) in [5.74, 6) is 0. The normalized spacial score (nSPS) is 11.8. The molecule has 1 aromatic carbocycles. The van der Waals surface area contributed by atoms with Crippen LogP contribution in [0, 0.1) is 0 Å². The zero-order chi connectivity index (χ0) is 8.55. The second-order valence-corrected chi connectivity index (χ2v) is 4.29. The van der Waals surface area contributed by atoms with E-state index in [1.807, 2.05) is 35.7 Å². The largest absolute Gasteiger partial charge is 0.453 e. The third-order valence-electron chi connectivity index (χ3n) is 1.76. The molecule has 2 rings (SSSR count). The van der Waals surface area contributed by atoms with Crippen LogP contribution in [-0.4, -0.2) is 5.24 Å². The van der Waals surface area contributed by atoms with Crippen LogP contribution >= 0.6 is 10.5 Å². The van der Waals surface area contributed by atoms with Gasteiger partial charge in [-0.05, 0) is 12.1 Å². The predicted molar refractivity (Wildman–Crippen MR) is 51.4 cm³/mol. The highest BCUT2D eigenvalue weighted by Crippen LogP contribution is 2.30. The van der Waals surface area contributed by atoms with E-state index in [9.17, 15) is 4.79 Å². The van der Waals surface area contributed by atoms with Crippen molar-refractivity contribution >= 4 is 25.8 Å². The van der Waals surface area contributed by atoms with E-state index >= 15 is 0 Å². The standard InChI is InChI=1S/C9H7NOS/c10-9(11)12-6-5-7-3-1-2-4-8(7)12/h1-6H,(H-,10,11)/p+1. The van der Waals surface area contributed by atoms with E-state index in [2.05, 4.69) is 0 Å². The number of amides is 1. The lowest BCUT2D eigenvalue weighted by Crippen LogP contribution is -2.01.